The average molecular weight is 653 g/mol. The van der Waals surface area contributed by atoms with Gasteiger partial charge in [-0.3, -0.25) is 9.69 Å². The molecule has 10 nitrogen and oxygen atoms in total. The number of hydrogen-bond acceptors (Lipinski definition) is 8. The number of halogens is 1. The molecule has 48 heavy (non-hydrogen) atoms. The van der Waals surface area contributed by atoms with Crippen molar-refractivity contribution in [2.75, 3.05) is 32.3 Å². The van der Waals surface area contributed by atoms with Crippen molar-refractivity contribution in [3.05, 3.63) is 114 Å². The molecular weight excluding hydrogens is 615 g/mol. The van der Waals surface area contributed by atoms with Gasteiger partial charge < -0.3 is 28.6 Å². The quantitative estimate of drug-likeness (QED) is 0.212. The molecule has 0 unspecified atom stereocenters. The number of rotatable bonds is 9. The minimum atomic E-state index is -1.78. The fourth-order valence-corrected chi connectivity index (χ4v) is 6.92. The second-order valence-corrected chi connectivity index (χ2v) is 12.0. The number of ether oxygens (including phenoxy) is 4. The molecule has 1 fully saturated rings. The van der Waals surface area contributed by atoms with Gasteiger partial charge in [0.2, 0.25) is 5.91 Å². The van der Waals surface area contributed by atoms with Gasteiger partial charge in [-0.2, -0.15) is 0 Å². The maximum atomic E-state index is 16.1. The highest BCUT2D eigenvalue weighted by Gasteiger charge is 2.48. The molecule has 1 saturated heterocycles. The van der Waals surface area contributed by atoms with Gasteiger partial charge in [-0.25, -0.2) is 14.4 Å². The number of alkyl halides is 1. The Hall–Kier alpha value is -4.84. The molecule has 1 amide bonds. The van der Waals surface area contributed by atoms with Crippen molar-refractivity contribution >= 4 is 22.8 Å². The number of aromatic nitrogens is 3. The Balaban J connectivity index is 1.26. The van der Waals surface area contributed by atoms with E-state index in [9.17, 15) is 9.90 Å². The van der Waals surface area contributed by atoms with E-state index in [-0.39, 0.29) is 12.5 Å². The SMILES string of the molecule is COc1ccc(C(OC[C@H]2O[C@@H](n3cc4c5c(ncnc53)N(C(C)=O)CCC4)[C@@H](F)[C@@H]2O)(c2ccccc2)c2ccc(OC)cc2)cc1. The van der Waals surface area contributed by atoms with Gasteiger partial charge in [-0.15, -0.1) is 0 Å². The maximum Gasteiger partial charge on any atom is 0.225 e. The number of aliphatic hydroxyl groups is 1. The predicted octanol–water partition coefficient (Wildman–Crippen LogP) is 5.35. The number of carbonyl (C=O) groups excluding carboxylic acids is 1. The van der Waals surface area contributed by atoms with Crippen LogP contribution in [0.1, 0.15) is 41.8 Å². The number of methoxy groups -OCH3 is 2. The topological polar surface area (TPSA) is 108 Å². The van der Waals surface area contributed by atoms with Crippen LogP contribution in [-0.2, 0) is 26.3 Å². The van der Waals surface area contributed by atoms with E-state index < -0.39 is 30.2 Å². The molecule has 2 aliphatic heterocycles. The number of nitrogens with zero attached hydrogens (tertiary/aromatic N) is 4. The Morgan fingerprint density at radius 2 is 1.58 bits per heavy atom. The van der Waals surface area contributed by atoms with Gasteiger partial charge in [0.1, 0.15) is 47.1 Å². The standard InChI is InChI=1S/C37H37FN4O6/c1-23(43)41-19-7-8-24-20-42(35-31(24)34(41)39-22-40-35)36-32(38)33(44)30(48-36)21-47-37(25-9-5-4-6-10-25,26-11-15-28(45-2)16-12-26)27-13-17-29(46-3)18-14-27/h4-6,9-18,20,22,30,32-33,36,44H,7-8,19,21H2,1-3H3/t30-,32+,33-,36-/m1/s1. The summed E-state index contributed by atoms with van der Waals surface area (Å²) in [4.78, 5) is 23.0. The Morgan fingerprint density at radius 1 is 0.958 bits per heavy atom. The highest BCUT2D eigenvalue weighted by Crippen LogP contribution is 2.44. The summed E-state index contributed by atoms with van der Waals surface area (Å²) in [5, 5.41) is 12.0. The number of aliphatic hydroxyl groups excluding tert-OH is 1. The Kier molecular flexibility index (Phi) is 8.59. The van der Waals surface area contributed by atoms with Crippen LogP contribution in [0.3, 0.4) is 0 Å². The van der Waals surface area contributed by atoms with E-state index in [1.54, 1.807) is 23.7 Å². The van der Waals surface area contributed by atoms with E-state index in [0.717, 1.165) is 28.7 Å². The molecule has 248 valence electrons. The summed E-state index contributed by atoms with van der Waals surface area (Å²) in [6.45, 7) is 1.89. The van der Waals surface area contributed by atoms with Crippen LogP contribution in [0, 0.1) is 0 Å². The number of amides is 1. The van der Waals surface area contributed by atoms with Crippen molar-refractivity contribution in [2.24, 2.45) is 0 Å². The molecule has 3 aromatic carbocycles. The first kappa shape index (κ1) is 31.7. The molecule has 2 aromatic heterocycles. The Labute approximate surface area is 277 Å². The van der Waals surface area contributed by atoms with Gasteiger partial charge in [0.25, 0.3) is 0 Å². The maximum absolute atomic E-state index is 16.1. The molecule has 0 aliphatic carbocycles. The first-order valence-corrected chi connectivity index (χ1v) is 15.9. The van der Waals surface area contributed by atoms with Crippen molar-refractivity contribution in [1.82, 2.24) is 14.5 Å². The molecule has 1 N–H and O–H groups in total. The molecule has 0 radical (unpaired) electrons. The van der Waals surface area contributed by atoms with Crippen LogP contribution >= 0.6 is 0 Å². The van der Waals surface area contributed by atoms with Crippen molar-refractivity contribution in [3.63, 3.8) is 0 Å². The van der Waals surface area contributed by atoms with E-state index in [1.807, 2.05) is 85.1 Å². The highest BCUT2D eigenvalue weighted by molar-refractivity contribution is 6.01. The molecule has 0 bridgehead atoms. The first-order valence-electron chi connectivity index (χ1n) is 15.9. The van der Waals surface area contributed by atoms with Crippen LogP contribution in [0.25, 0.3) is 11.0 Å². The first-order chi connectivity index (χ1) is 23.3. The number of hydrogen-bond donors (Lipinski definition) is 1. The highest BCUT2D eigenvalue weighted by atomic mass is 19.1. The van der Waals surface area contributed by atoms with Crippen LogP contribution in [0.5, 0.6) is 11.5 Å². The van der Waals surface area contributed by atoms with Crippen molar-refractivity contribution in [2.45, 2.75) is 50.0 Å². The molecule has 4 atom stereocenters. The zero-order chi connectivity index (χ0) is 33.4. The van der Waals surface area contributed by atoms with Gasteiger partial charge in [0.15, 0.2) is 12.4 Å². The third kappa shape index (κ3) is 5.37. The molecule has 2 aliphatic rings. The lowest BCUT2D eigenvalue weighted by Gasteiger charge is -2.37. The minimum absolute atomic E-state index is 0.126. The molecule has 7 rings (SSSR count). The van der Waals surface area contributed by atoms with Crippen LogP contribution in [0.4, 0.5) is 10.2 Å². The predicted molar refractivity (Wildman–Crippen MR) is 177 cm³/mol. The van der Waals surface area contributed by atoms with Crippen LogP contribution in [-0.4, -0.2) is 71.3 Å². The lowest BCUT2D eigenvalue weighted by atomic mass is 9.80. The second-order valence-electron chi connectivity index (χ2n) is 12.0. The summed E-state index contributed by atoms with van der Waals surface area (Å²) < 4.78 is 41.8. The minimum Gasteiger partial charge on any atom is -0.497 e. The van der Waals surface area contributed by atoms with E-state index >= 15 is 4.39 Å². The Bertz CT molecular complexity index is 1850. The van der Waals surface area contributed by atoms with Gasteiger partial charge >= 0.3 is 0 Å². The van der Waals surface area contributed by atoms with Crippen LogP contribution < -0.4 is 14.4 Å². The number of aryl methyl sites for hydroxylation is 1. The van der Waals surface area contributed by atoms with Crippen LogP contribution in [0.15, 0.2) is 91.4 Å². The van der Waals surface area contributed by atoms with Crippen molar-refractivity contribution in [3.8, 4) is 11.5 Å². The summed E-state index contributed by atoms with van der Waals surface area (Å²) in [7, 11) is 3.22. The van der Waals surface area contributed by atoms with Gasteiger partial charge in [-0.1, -0.05) is 54.6 Å². The summed E-state index contributed by atoms with van der Waals surface area (Å²) in [6.07, 6.45) is -0.898. The normalized spacial score (nSPS) is 20.9. The van der Waals surface area contributed by atoms with Crippen molar-refractivity contribution in [1.29, 1.82) is 0 Å². The number of anilines is 1. The second kappa shape index (κ2) is 13.0. The summed E-state index contributed by atoms with van der Waals surface area (Å²) in [6, 6.07) is 24.9. The van der Waals surface area contributed by atoms with E-state index in [2.05, 4.69) is 9.97 Å². The van der Waals surface area contributed by atoms with Crippen LogP contribution in [0.2, 0.25) is 0 Å². The smallest absolute Gasteiger partial charge is 0.225 e. The fourth-order valence-electron chi connectivity index (χ4n) is 6.92. The number of carbonyl (C=O) groups is 1. The van der Waals surface area contributed by atoms with E-state index in [4.69, 9.17) is 18.9 Å². The van der Waals surface area contributed by atoms with Gasteiger partial charge in [0, 0.05) is 19.7 Å². The van der Waals surface area contributed by atoms with Gasteiger partial charge in [-0.05, 0) is 59.4 Å². The average Bonchev–Trinajstić information content (AvgIpc) is 3.55. The molecular formula is C37H37FN4O6. The zero-order valence-corrected chi connectivity index (χ0v) is 27.0. The molecule has 4 heterocycles. The van der Waals surface area contributed by atoms with Crippen molar-refractivity contribution < 1.29 is 33.2 Å². The lowest BCUT2D eigenvalue weighted by molar-refractivity contribution is -0.116. The molecule has 0 spiro atoms. The molecule has 5 aromatic rings. The summed E-state index contributed by atoms with van der Waals surface area (Å²) in [5.41, 5.74) is 2.60. The number of benzene rings is 3. The van der Waals surface area contributed by atoms with Gasteiger partial charge in [0.05, 0.1) is 26.2 Å². The summed E-state index contributed by atoms with van der Waals surface area (Å²) in [5.74, 6) is 1.74. The summed E-state index contributed by atoms with van der Waals surface area (Å²) >= 11 is 0. The Morgan fingerprint density at radius 3 is 2.19 bits per heavy atom. The largest absolute Gasteiger partial charge is 0.497 e. The molecule has 0 saturated carbocycles. The van der Waals surface area contributed by atoms with E-state index in [1.165, 1.54) is 13.3 Å². The third-order valence-electron chi connectivity index (χ3n) is 9.34. The fraction of sp³-hybridized carbons (Fsp3) is 0.324. The molecule has 11 heteroatoms. The van der Waals surface area contributed by atoms with E-state index in [0.29, 0.717) is 41.3 Å². The zero-order valence-electron chi connectivity index (χ0n) is 27.0. The monoisotopic (exact) mass is 652 g/mol. The lowest BCUT2D eigenvalue weighted by Crippen LogP contribution is -2.39. The third-order valence-corrected chi connectivity index (χ3v) is 9.34.